The summed E-state index contributed by atoms with van der Waals surface area (Å²) in [5.41, 5.74) is 1.28. The second-order valence-corrected chi connectivity index (χ2v) is 3.90. The van der Waals surface area contributed by atoms with E-state index in [-0.39, 0.29) is 5.57 Å². The molecule has 1 rings (SSSR count). The van der Waals surface area contributed by atoms with E-state index in [9.17, 15) is 4.79 Å². The lowest BCUT2D eigenvalue weighted by Gasteiger charge is -2.17. The summed E-state index contributed by atoms with van der Waals surface area (Å²) in [6.07, 6.45) is 1.76. The van der Waals surface area contributed by atoms with E-state index < -0.39 is 5.97 Å². The number of nitrogens with zero attached hydrogens (tertiary/aromatic N) is 3. The first-order valence-corrected chi connectivity index (χ1v) is 5.61. The Labute approximate surface area is 111 Å². The molecule has 0 radical (unpaired) electrons. The lowest BCUT2D eigenvalue weighted by molar-refractivity contribution is -0.132. The van der Waals surface area contributed by atoms with Gasteiger partial charge in [0, 0.05) is 19.3 Å². The molecule has 0 aromatic heterocycles. The third kappa shape index (κ3) is 4.18. The molecular weight excluding hydrogens is 242 g/mol. The highest BCUT2D eigenvalue weighted by atomic mass is 16.4. The summed E-state index contributed by atoms with van der Waals surface area (Å²) in [6, 6.07) is 10.8. The molecule has 0 aliphatic heterocycles. The number of rotatable bonds is 5. The molecule has 19 heavy (non-hydrogen) atoms. The predicted molar refractivity (Wildman–Crippen MR) is 71.2 cm³/mol. The first-order chi connectivity index (χ1) is 9.08. The van der Waals surface area contributed by atoms with Crippen LogP contribution in [0.15, 0.2) is 29.8 Å². The molecule has 1 aromatic rings. The highest BCUT2D eigenvalue weighted by Gasteiger charge is 2.06. The Bertz CT molecular complexity index is 562. The largest absolute Gasteiger partial charge is 0.477 e. The number of carboxylic acids is 1. The van der Waals surface area contributed by atoms with Crippen molar-refractivity contribution in [1.82, 2.24) is 0 Å². The number of aliphatic carboxylic acids is 1. The van der Waals surface area contributed by atoms with Crippen molar-refractivity contribution < 1.29 is 9.90 Å². The molecule has 1 N–H and O–H groups in total. The summed E-state index contributed by atoms with van der Waals surface area (Å²) in [5.74, 6) is -1.24. The Hall–Kier alpha value is -2.79. The molecule has 5 heteroatoms. The number of carbonyl (C=O) groups is 1. The van der Waals surface area contributed by atoms with E-state index >= 15 is 0 Å². The van der Waals surface area contributed by atoms with Gasteiger partial charge < -0.3 is 10.0 Å². The fourth-order valence-electron chi connectivity index (χ4n) is 1.48. The van der Waals surface area contributed by atoms with Crippen LogP contribution in [0.1, 0.15) is 12.0 Å². The molecular formula is C14H13N3O2. The quantitative estimate of drug-likeness (QED) is 0.642. The summed E-state index contributed by atoms with van der Waals surface area (Å²) in [4.78, 5) is 12.6. The maximum absolute atomic E-state index is 10.7. The number of carboxylic acid groups (broad SMARTS) is 1. The van der Waals surface area contributed by atoms with Crippen molar-refractivity contribution in [3.8, 4) is 12.1 Å². The normalized spacial score (nSPS) is 10.4. The highest BCUT2D eigenvalue weighted by Crippen LogP contribution is 2.16. The number of nitriles is 2. The van der Waals surface area contributed by atoms with Gasteiger partial charge in [0.2, 0.25) is 0 Å². The van der Waals surface area contributed by atoms with Gasteiger partial charge in [0.15, 0.2) is 0 Å². The van der Waals surface area contributed by atoms with Crippen molar-refractivity contribution in [2.45, 2.75) is 6.42 Å². The van der Waals surface area contributed by atoms with Gasteiger partial charge in [-0.25, -0.2) is 4.79 Å². The second-order valence-electron chi connectivity index (χ2n) is 3.90. The zero-order valence-corrected chi connectivity index (χ0v) is 10.5. The van der Waals surface area contributed by atoms with Crippen LogP contribution in [0.4, 0.5) is 5.69 Å². The Morgan fingerprint density at radius 2 is 2.00 bits per heavy atom. The maximum Gasteiger partial charge on any atom is 0.346 e. The minimum Gasteiger partial charge on any atom is -0.477 e. The van der Waals surface area contributed by atoms with Gasteiger partial charge in [0.25, 0.3) is 0 Å². The van der Waals surface area contributed by atoms with Crippen LogP contribution in [0.5, 0.6) is 0 Å². The van der Waals surface area contributed by atoms with Gasteiger partial charge in [-0.05, 0) is 23.8 Å². The van der Waals surface area contributed by atoms with E-state index in [1.807, 2.05) is 24.1 Å². The number of hydrogen-bond donors (Lipinski definition) is 1. The van der Waals surface area contributed by atoms with Crippen molar-refractivity contribution in [3.05, 3.63) is 35.4 Å². The van der Waals surface area contributed by atoms with Crippen LogP contribution >= 0.6 is 0 Å². The molecule has 0 spiro atoms. The van der Waals surface area contributed by atoms with Crippen molar-refractivity contribution in [2.75, 3.05) is 18.5 Å². The van der Waals surface area contributed by atoms with E-state index in [2.05, 4.69) is 6.07 Å². The molecule has 0 aliphatic rings. The van der Waals surface area contributed by atoms with Crippen LogP contribution in [0, 0.1) is 22.7 Å². The summed E-state index contributed by atoms with van der Waals surface area (Å²) in [6.45, 7) is 0.629. The average Bonchev–Trinajstić information content (AvgIpc) is 2.42. The average molecular weight is 255 g/mol. The first-order valence-electron chi connectivity index (χ1n) is 5.61. The SMILES string of the molecule is CN(CCC#N)c1ccc(/C=C(\C#N)C(=O)O)cc1. The monoisotopic (exact) mass is 255 g/mol. The van der Waals surface area contributed by atoms with E-state index in [0.29, 0.717) is 18.5 Å². The van der Waals surface area contributed by atoms with Gasteiger partial charge in [-0.15, -0.1) is 0 Å². The zero-order chi connectivity index (χ0) is 14.3. The van der Waals surface area contributed by atoms with E-state index in [0.717, 1.165) is 5.69 Å². The van der Waals surface area contributed by atoms with Crippen LogP contribution in [0.25, 0.3) is 6.08 Å². The second kappa shape index (κ2) is 6.83. The highest BCUT2D eigenvalue weighted by molar-refractivity contribution is 5.96. The molecule has 0 atom stereocenters. The molecule has 96 valence electrons. The smallest absolute Gasteiger partial charge is 0.346 e. The van der Waals surface area contributed by atoms with Gasteiger partial charge in [-0.3, -0.25) is 0 Å². The van der Waals surface area contributed by atoms with E-state index in [1.165, 1.54) is 6.08 Å². The molecule has 0 bridgehead atoms. The van der Waals surface area contributed by atoms with Crippen molar-refractivity contribution >= 4 is 17.7 Å². The lowest BCUT2D eigenvalue weighted by atomic mass is 10.1. The van der Waals surface area contributed by atoms with Gasteiger partial charge in [0.05, 0.1) is 12.5 Å². The van der Waals surface area contributed by atoms with Crippen LogP contribution in [0.2, 0.25) is 0 Å². The number of benzene rings is 1. The molecule has 1 aromatic carbocycles. The molecule has 0 heterocycles. The minimum absolute atomic E-state index is 0.300. The Balaban J connectivity index is 2.86. The van der Waals surface area contributed by atoms with Crippen molar-refractivity contribution in [1.29, 1.82) is 10.5 Å². The third-order valence-electron chi connectivity index (χ3n) is 2.55. The summed E-state index contributed by atoms with van der Waals surface area (Å²) >= 11 is 0. The fraction of sp³-hybridized carbons (Fsp3) is 0.214. The topological polar surface area (TPSA) is 88.1 Å². The van der Waals surface area contributed by atoms with Crippen LogP contribution in [-0.4, -0.2) is 24.7 Å². The van der Waals surface area contributed by atoms with Crippen LogP contribution in [-0.2, 0) is 4.79 Å². The predicted octanol–water partition coefficient (Wildman–Crippen LogP) is 2.03. The Morgan fingerprint density at radius 3 is 2.47 bits per heavy atom. The minimum atomic E-state index is -1.24. The summed E-state index contributed by atoms with van der Waals surface area (Å²) in [7, 11) is 1.88. The molecule has 0 unspecified atom stereocenters. The van der Waals surface area contributed by atoms with Crippen molar-refractivity contribution in [3.63, 3.8) is 0 Å². The Kier molecular flexibility index (Phi) is 5.13. The standard InChI is InChI=1S/C14H13N3O2/c1-17(8-2-7-15)13-5-3-11(4-6-13)9-12(10-16)14(18)19/h3-6,9H,2,8H2,1H3,(H,18,19)/b12-9+. The van der Waals surface area contributed by atoms with Crippen molar-refractivity contribution in [2.24, 2.45) is 0 Å². The molecule has 0 amide bonds. The number of hydrogen-bond acceptors (Lipinski definition) is 4. The lowest BCUT2D eigenvalue weighted by Crippen LogP contribution is -2.17. The van der Waals surface area contributed by atoms with Crippen LogP contribution < -0.4 is 4.90 Å². The zero-order valence-electron chi connectivity index (χ0n) is 10.5. The van der Waals surface area contributed by atoms with Gasteiger partial charge in [0.1, 0.15) is 11.6 Å². The number of anilines is 1. The van der Waals surface area contributed by atoms with E-state index in [1.54, 1.807) is 18.2 Å². The van der Waals surface area contributed by atoms with Gasteiger partial charge in [-0.2, -0.15) is 10.5 Å². The van der Waals surface area contributed by atoms with E-state index in [4.69, 9.17) is 15.6 Å². The fourth-order valence-corrected chi connectivity index (χ4v) is 1.48. The molecule has 0 fully saturated rings. The molecule has 0 saturated heterocycles. The maximum atomic E-state index is 10.7. The molecule has 0 aliphatic carbocycles. The van der Waals surface area contributed by atoms with Gasteiger partial charge in [-0.1, -0.05) is 12.1 Å². The summed E-state index contributed by atoms with van der Waals surface area (Å²) < 4.78 is 0. The molecule has 0 saturated carbocycles. The Morgan fingerprint density at radius 1 is 1.37 bits per heavy atom. The first kappa shape index (κ1) is 14.3. The molecule has 5 nitrogen and oxygen atoms in total. The summed E-state index contributed by atoms with van der Waals surface area (Å²) in [5, 5.41) is 25.9. The third-order valence-corrected chi connectivity index (χ3v) is 2.55. The van der Waals surface area contributed by atoms with Crippen LogP contribution in [0.3, 0.4) is 0 Å². The van der Waals surface area contributed by atoms with Gasteiger partial charge >= 0.3 is 5.97 Å².